The first-order chi connectivity index (χ1) is 15.1. The van der Waals surface area contributed by atoms with Crippen molar-refractivity contribution in [3.63, 3.8) is 0 Å². The predicted octanol–water partition coefficient (Wildman–Crippen LogP) is 3.15. The van der Waals surface area contributed by atoms with Gasteiger partial charge in [-0.2, -0.15) is 0 Å². The zero-order chi connectivity index (χ0) is 21.6. The topological polar surface area (TPSA) is 95.0 Å². The summed E-state index contributed by atoms with van der Waals surface area (Å²) in [4.78, 5) is 16.4. The number of amides is 1. The largest absolute Gasteiger partial charge is 0.389 e. The third-order valence-corrected chi connectivity index (χ3v) is 6.50. The molecule has 0 saturated carbocycles. The Balaban J connectivity index is 1.27. The fourth-order valence-corrected chi connectivity index (χ4v) is 4.74. The zero-order valence-corrected chi connectivity index (χ0v) is 17.8. The molecule has 3 heterocycles. The number of hydrogen-bond donors (Lipinski definition) is 2. The minimum Gasteiger partial charge on any atom is -0.389 e. The minimum atomic E-state index is -0.668. The van der Waals surface area contributed by atoms with Crippen molar-refractivity contribution in [2.75, 3.05) is 6.54 Å². The second-order valence-corrected chi connectivity index (χ2v) is 8.76. The maximum Gasteiger partial charge on any atom is 0.223 e. The van der Waals surface area contributed by atoms with Crippen molar-refractivity contribution >= 4 is 17.2 Å². The SMILES string of the molecule is O=C1CC[C@H](/C=C/[C@@H](O)Cc2ccc(F)cc2)N1CCCc1ccc(-c2nnn[nH]2)s1. The molecular formula is C22H24FN5O2S. The smallest absolute Gasteiger partial charge is 0.223 e. The van der Waals surface area contributed by atoms with Gasteiger partial charge in [0.05, 0.1) is 17.0 Å². The van der Waals surface area contributed by atoms with Crippen LogP contribution < -0.4 is 0 Å². The molecule has 3 aromatic rings. The van der Waals surface area contributed by atoms with Gasteiger partial charge in [-0.3, -0.25) is 4.79 Å². The Morgan fingerprint density at radius 3 is 2.90 bits per heavy atom. The first kappa shape index (κ1) is 21.3. The number of thiophene rings is 1. The van der Waals surface area contributed by atoms with E-state index in [1.165, 1.54) is 17.0 Å². The highest BCUT2D eigenvalue weighted by Gasteiger charge is 2.28. The monoisotopic (exact) mass is 441 g/mol. The number of aryl methyl sites for hydroxylation is 1. The molecule has 2 aromatic heterocycles. The summed E-state index contributed by atoms with van der Waals surface area (Å²) >= 11 is 1.64. The van der Waals surface area contributed by atoms with E-state index in [2.05, 4.69) is 26.7 Å². The molecule has 2 atom stereocenters. The maximum atomic E-state index is 13.0. The fraction of sp³-hybridized carbons (Fsp3) is 0.364. The minimum absolute atomic E-state index is 0.00883. The number of H-pyrrole nitrogens is 1. The zero-order valence-electron chi connectivity index (χ0n) is 16.9. The number of aromatic nitrogens is 4. The molecule has 0 spiro atoms. The molecule has 0 bridgehead atoms. The number of aromatic amines is 1. The number of aliphatic hydroxyl groups excluding tert-OH is 1. The fourth-order valence-electron chi connectivity index (χ4n) is 3.76. The van der Waals surface area contributed by atoms with Gasteiger partial charge in [0, 0.05) is 24.3 Å². The molecule has 4 rings (SSSR count). The van der Waals surface area contributed by atoms with Crippen molar-refractivity contribution in [2.24, 2.45) is 0 Å². The molecule has 1 aliphatic heterocycles. The van der Waals surface area contributed by atoms with Crippen LogP contribution in [-0.4, -0.2) is 55.2 Å². The number of hydrogen-bond acceptors (Lipinski definition) is 6. The summed E-state index contributed by atoms with van der Waals surface area (Å²) < 4.78 is 13.0. The summed E-state index contributed by atoms with van der Waals surface area (Å²) in [7, 11) is 0. The van der Waals surface area contributed by atoms with Gasteiger partial charge >= 0.3 is 0 Å². The third-order valence-electron chi connectivity index (χ3n) is 5.35. The number of benzene rings is 1. The van der Waals surface area contributed by atoms with Crippen LogP contribution in [-0.2, 0) is 17.6 Å². The van der Waals surface area contributed by atoms with Crippen molar-refractivity contribution in [3.05, 3.63) is 64.8 Å². The number of rotatable bonds is 9. The van der Waals surface area contributed by atoms with Crippen LogP contribution >= 0.6 is 11.3 Å². The lowest BCUT2D eigenvalue weighted by atomic mass is 10.1. The van der Waals surface area contributed by atoms with Gasteiger partial charge in [-0.1, -0.05) is 24.3 Å². The Morgan fingerprint density at radius 2 is 2.13 bits per heavy atom. The number of likely N-dealkylation sites (tertiary alicyclic amines) is 1. The van der Waals surface area contributed by atoms with E-state index in [4.69, 9.17) is 0 Å². The first-order valence-corrected chi connectivity index (χ1v) is 11.1. The Hall–Kier alpha value is -2.91. The van der Waals surface area contributed by atoms with E-state index >= 15 is 0 Å². The lowest BCUT2D eigenvalue weighted by molar-refractivity contribution is -0.128. The number of carbonyl (C=O) groups excluding carboxylic acids is 1. The van der Waals surface area contributed by atoms with Gasteiger partial charge in [0.25, 0.3) is 0 Å². The lowest BCUT2D eigenvalue weighted by Gasteiger charge is -2.22. The van der Waals surface area contributed by atoms with Crippen LogP contribution in [0.1, 0.15) is 29.7 Å². The highest BCUT2D eigenvalue weighted by atomic mass is 32.1. The van der Waals surface area contributed by atoms with Crippen LogP contribution in [0.15, 0.2) is 48.6 Å². The molecule has 2 N–H and O–H groups in total. The Bertz CT molecular complexity index is 1020. The highest BCUT2D eigenvalue weighted by Crippen LogP contribution is 2.26. The van der Waals surface area contributed by atoms with Crippen LogP contribution in [0.4, 0.5) is 4.39 Å². The normalized spacial score (nSPS) is 17.7. The molecule has 1 fully saturated rings. The summed E-state index contributed by atoms with van der Waals surface area (Å²) in [5, 5.41) is 24.2. The van der Waals surface area contributed by atoms with Crippen molar-refractivity contribution in [2.45, 2.75) is 44.2 Å². The van der Waals surface area contributed by atoms with E-state index in [9.17, 15) is 14.3 Å². The lowest BCUT2D eigenvalue weighted by Crippen LogP contribution is -2.33. The van der Waals surface area contributed by atoms with Crippen LogP contribution in [0.2, 0.25) is 0 Å². The van der Waals surface area contributed by atoms with Gasteiger partial charge in [-0.25, -0.2) is 9.49 Å². The molecule has 1 aliphatic rings. The van der Waals surface area contributed by atoms with Gasteiger partial charge in [-0.05, 0) is 59.5 Å². The molecule has 0 radical (unpaired) electrons. The summed E-state index contributed by atoms with van der Waals surface area (Å²) in [6.07, 6.45) is 6.46. The number of aliphatic hydroxyl groups is 1. The average molecular weight is 442 g/mol. The quantitative estimate of drug-likeness (QED) is 0.498. The van der Waals surface area contributed by atoms with E-state index in [1.54, 1.807) is 29.5 Å². The van der Waals surface area contributed by atoms with E-state index in [1.807, 2.05) is 17.0 Å². The van der Waals surface area contributed by atoms with Gasteiger partial charge in [-0.15, -0.1) is 16.4 Å². The number of halogens is 1. The molecule has 1 aromatic carbocycles. The standard InChI is InChI=1S/C22H24FN5O2S/c23-16-5-3-15(4-6-16)14-18(29)9-7-17-8-12-21(30)28(17)13-1-2-19-10-11-20(31-19)22-24-26-27-25-22/h3-7,9-11,17-18,29H,1-2,8,12-14H2,(H,24,25,26,27)/b9-7+/t17-,18+/m0/s1. The second-order valence-electron chi connectivity index (χ2n) is 7.60. The molecule has 0 unspecified atom stereocenters. The van der Waals surface area contributed by atoms with Crippen LogP contribution in [0.25, 0.3) is 10.7 Å². The average Bonchev–Trinajstić information content (AvgIpc) is 3.51. The van der Waals surface area contributed by atoms with Gasteiger partial charge < -0.3 is 10.0 Å². The molecular weight excluding hydrogens is 417 g/mol. The summed E-state index contributed by atoms with van der Waals surface area (Å²) in [5.74, 6) is 0.528. The van der Waals surface area contributed by atoms with E-state index in [-0.39, 0.29) is 17.8 Å². The molecule has 1 amide bonds. The maximum absolute atomic E-state index is 13.0. The Morgan fingerprint density at radius 1 is 1.29 bits per heavy atom. The number of nitrogens with zero attached hydrogens (tertiary/aromatic N) is 4. The molecule has 162 valence electrons. The van der Waals surface area contributed by atoms with Crippen LogP contribution in [0.5, 0.6) is 0 Å². The number of tetrazole rings is 1. The van der Waals surface area contributed by atoms with Gasteiger partial charge in [0.2, 0.25) is 5.91 Å². The number of carbonyl (C=O) groups is 1. The van der Waals surface area contributed by atoms with Crippen molar-refractivity contribution in [3.8, 4) is 10.7 Å². The third kappa shape index (κ3) is 5.62. The van der Waals surface area contributed by atoms with Crippen LogP contribution in [0.3, 0.4) is 0 Å². The van der Waals surface area contributed by atoms with E-state index < -0.39 is 6.10 Å². The summed E-state index contributed by atoms with van der Waals surface area (Å²) in [5.41, 5.74) is 0.870. The molecule has 31 heavy (non-hydrogen) atoms. The second kappa shape index (κ2) is 9.93. The molecule has 1 saturated heterocycles. The summed E-state index contributed by atoms with van der Waals surface area (Å²) in [6, 6.07) is 10.2. The Kier molecular flexibility index (Phi) is 6.83. The van der Waals surface area contributed by atoms with Gasteiger partial charge in [0.1, 0.15) is 5.82 Å². The molecule has 7 nitrogen and oxygen atoms in total. The summed E-state index contributed by atoms with van der Waals surface area (Å²) in [6.45, 7) is 0.680. The van der Waals surface area contributed by atoms with Crippen molar-refractivity contribution in [1.82, 2.24) is 25.5 Å². The first-order valence-electron chi connectivity index (χ1n) is 10.3. The van der Waals surface area contributed by atoms with Crippen molar-refractivity contribution in [1.29, 1.82) is 0 Å². The predicted molar refractivity (Wildman–Crippen MR) is 116 cm³/mol. The van der Waals surface area contributed by atoms with E-state index in [0.717, 1.165) is 29.7 Å². The Labute approximate surface area is 183 Å². The molecule has 0 aliphatic carbocycles. The number of nitrogens with one attached hydrogen (secondary N) is 1. The highest BCUT2D eigenvalue weighted by molar-refractivity contribution is 7.15. The van der Waals surface area contributed by atoms with Gasteiger partial charge in [0.15, 0.2) is 5.82 Å². The molecule has 9 heteroatoms. The van der Waals surface area contributed by atoms with Crippen LogP contribution in [0, 0.1) is 5.82 Å². The van der Waals surface area contributed by atoms with Crippen molar-refractivity contribution < 1.29 is 14.3 Å². The van der Waals surface area contributed by atoms with E-state index in [0.29, 0.717) is 25.2 Å².